The van der Waals surface area contributed by atoms with Gasteiger partial charge in [-0.25, -0.2) is 9.97 Å². The molecule has 0 fully saturated rings. The highest BCUT2D eigenvalue weighted by atomic mass is 16.5. The first-order chi connectivity index (χ1) is 22.1. The maximum Gasteiger partial charge on any atom is 0.303 e. The highest BCUT2D eigenvalue weighted by Crippen LogP contribution is 2.37. The van der Waals surface area contributed by atoms with Gasteiger partial charge in [0.2, 0.25) is 0 Å². The lowest BCUT2D eigenvalue weighted by molar-refractivity contribution is -0.136. The number of unbranched alkanes of at least 4 members (excludes halogenated alkanes) is 3. The van der Waals surface area contributed by atoms with E-state index in [1.807, 2.05) is 13.0 Å². The van der Waals surface area contributed by atoms with Crippen LogP contribution < -0.4 is 0 Å². The Morgan fingerprint density at radius 2 is 1.50 bits per heavy atom. The Morgan fingerprint density at radius 3 is 2.20 bits per heavy atom. The van der Waals surface area contributed by atoms with Crippen LogP contribution in [0.1, 0.15) is 124 Å². The standard InChI is InChI=1S/C39H48N4O3/c1-9-12-13-14-17-46-26(8)39-25(7)33-18-30-22(4)28(11-3)35(40-30)21-36-29(15-16-38(44)45)24(6)31(42-36)19-34-27(10-2)23(5)32(41-34)20-37(39)43-33/h10,18-21,26,42-43H,2,9,11-17H2,1,3-8H3,(H,44,45). The number of aromatic amines is 2. The number of allylic oxidation sites excluding steroid dienone is 5. The lowest BCUT2D eigenvalue weighted by Crippen LogP contribution is -2.02. The van der Waals surface area contributed by atoms with Crippen molar-refractivity contribution in [3.63, 3.8) is 0 Å². The number of hydrogen-bond acceptors (Lipinski definition) is 4. The van der Waals surface area contributed by atoms with Crippen LogP contribution in [0, 0.1) is 13.8 Å². The minimum absolute atomic E-state index is 0.0499. The molecule has 3 aromatic heterocycles. The predicted molar refractivity (Wildman–Crippen MR) is 190 cm³/mol. The van der Waals surface area contributed by atoms with Gasteiger partial charge in [0.15, 0.2) is 0 Å². The average Bonchev–Trinajstić information content (AvgIpc) is 3.68. The van der Waals surface area contributed by atoms with Crippen LogP contribution in [0.5, 0.6) is 0 Å². The molecule has 5 heterocycles. The van der Waals surface area contributed by atoms with Crippen LogP contribution in [-0.2, 0) is 16.0 Å². The Balaban J connectivity index is 1.83. The molecule has 46 heavy (non-hydrogen) atoms. The van der Waals surface area contributed by atoms with E-state index < -0.39 is 5.97 Å². The molecule has 1 atom stereocenters. The molecule has 0 saturated heterocycles. The molecular formula is C39H48N4O3. The minimum atomic E-state index is -0.817. The molecule has 1 unspecified atom stereocenters. The second-order valence-corrected chi connectivity index (χ2v) is 12.6. The molecule has 5 rings (SSSR count). The number of aliphatic carboxylic acids is 1. The quantitative estimate of drug-likeness (QED) is 0.175. The summed E-state index contributed by atoms with van der Waals surface area (Å²) in [6.45, 7) is 19.8. The van der Waals surface area contributed by atoms with E-state index in [-0.39, 0.29) is 12.5 Å². The van der Waals surface area contributed by atoms with Crippen LogP contribution in [0.4, 0.5) is 0 Å². The SMILES string of the molecule is C=CC1=C(C)c2cc3[nH]c(cc4nc(cc5[nH]c(cc1n2)c(C)c5CCC(=O)O)C(CC)=C4C)c(C)c3C(C)OCCCCCC. The van der Waals surface area contributed by atoms with E-state index >= 15 is 0 Å². The van der Waals surface area contributed by atoms with Gasteiger partial charge in [-0.15, -0.1) is 0 Å². The molecule has 0 aromatic carbocycles. The molecule has 0 radical (unpaired) electrons. The molecule has 242 valence electrons. The summed E-state index contributed by atoms with van der Waals surface area (Å²) in [4.78, 5) is 29.2. The summed E-state index contributed by atoms with van der Waals surface area (Å²) in [6, 6.07) is 8.43. The topological polar surface area (TPSA) is 104 Å². The number of carbonyl (C=O) groups is 1. The van der Waals surface area contributed by atoms with Crippen molar-refractivity contribution in [2.24, 2.45) is 0 Å². The maximum atomic E-state index is 11.6. The number of aryl methyl sites for hydroxylation is 3. The van der Waals surface area contributed by atoms with Crippen molar-refractivity contribution in [3.05, 3.63) is 81.9 Å². The van der Waals surface area contributed by atoms with Crippen LogP contribution in [0.15, 0.2) is 36.9 Å². The van der Waals surface area contributed by atoms with Gasteiger partial charge in [0.05, 0.1) is 28.9 Å². The third kappa shape index (κ3) is 6.52. The predicted octanol–water partition coefficient (Wildman–Crippen LogP) is 10.1. The molecule has 0 saturated carbocycles. The van der Waals surface area contributed by atoms with E-state index in [1.54, 1.807) is 0 Å². The third-order valence-electron chi connectivity index (χ3n) is 9.55. The highest BCUT2D eigenvalue weighted by Gasteiger charge is 2.21. The lowest BCUT2D eigenvalue weighted by Gasteiger charge is -2.14. The first-order valence-corrected chi connectivity index (χ1v) is 16.7. The van der Waals surface area contributed by atoms with Gasteiger partial charge >= 0.3 is 5.97 Å². The zero-order valence-electron chi connectivity index (χ0n) is 28.5. The summed E-state index contributed by atoms with van der Waals surface area (Å²) in [5, 5.41) is 9.51. The normalized spacial score (nSPS) is 13.9. The van der Waals surface area contributed by atoms with Crippen molar-refractivity contribution >= 4 is 50.3 Å². The number of nitrogens with zero attached hydrogens (tertiary/aromatic N) is 2. The van der Waals surface area contributed by atoms with Gasteiger partial charge in [0.1, 0.15) is 0 Å². The van der Waals surface area contributed by atoms with Gasteiger partial charge in [-0.05, 0) is 112 Å². The van der Waals surface area contributed by atoms with E-state index in [1.165, 1.54) is 24.8 Å². The fraction of sp³-hybridized carbons (Fsp3) is 0.410. The van der Waals surface area contributed by atoms with Gasteiger partial charge < -0.3 is 19.8 Å². The fourth-order valence-corrected chi connectivity index (χ4v) is 6.80. The van der Waals surface area contributed by atoms with Crippen LogP contribution in [0.2, 0.25) is 0 Å². The van der Waals surface area contributed by atoms with Gasteiger partial charge in [-0.2, -0.15) is 0 Å². The molecule has 3 aromatic rings. The number of rotatable bonds is 12. The van der Waals surface area contributed by atoms with Crippen molar-refractivity contribution in [2.45, 2.75) is 99.5 Å². The maximum absolute atomic E-state index is 11.6. The van der Waals surface area contributed by atoms with Crippen LogP contribution in [0.3, 0.4) is 0 Å². The van der Waals surface area contributed by atoms with Gasteiger partial charge in [0.25, 0.3) is 0 Å². The molecule has 3 N–H and O–H groups in total. The Bertz CT molecular complexity index is 1900. The smallest absolute Gasteiger partial charge is 0.303 e. The number of nitrogens with one attached hydrogen (secondary N) is 2. The molecule has 0 aliphatic carbocycles. The molecular weight excluding hydrogens is 572 g/mol. The zero-order valence-corrected chi connectivity index (χ0v) is 28.5. The van der Waals surface area contributed by atoms with E-state index in [2.05, 4.69) is 82.4 Å². The minimum Gasteiger partial charge on any atom is -0.481 e. The Kier molecular flexibility index (Phi) is 10.1. The second-order valence-electron chi connectivity index (χ2n) is 12.6. The van der Waals surface area contributed by atoms with Crippen molar-refractivity contribution in [1.82, 2.24) is 19.9 Å². The molecule has 8 bridgehead atoms. The second kappa shape index (κ2) is 14.0. The Morgan fingerprint density at radius 1 is 0.870 bits per heavy atom. The van der Waals surface area contributed by atoms with Gasteiger partial charge in [-0.1, -0.05) is 45.8 Å². The summed E-state index contributed by atoms with van der Waals surface area (Å²) in [5.41, 5.74) is 15.9. The number of ether oxygens (including phenoxy) is 1. The Labute approximate surface area is 272 Å². The van der Waals surface area contributed by atoms with Crippen molar-refractivity contribution < 1.29 is 14.6 Å². The zero-order chi connectivity index (χ0) is 33.1. The molecule has 7 heteroatoms. The molecule has 7 nitrogen and oxygen atoms in total. The summed E-state index contributed by atoms with van der Waals surface area (Å²) >= 11 is 0. The number of hydrogen-bond donors (Lipinski definition) is 3. The number of aromatic nitrogens is 4. The first kappa shape index (κ1) is 33.1. The largest absolute Gasteiger partial charge is 0.481 e. The van der Waals surface area contributed by atoms with E-state index in [9.17, 15) is 9.90 Å². The van der Waals surface area contributed by atoms with Crippen LogP contribution in [0.25, 0.3) is 44.4 Å². The summed E-state index contributed by atoms with van der Waals surface area (Å²) in [6.07, 6.45) is 7.73. The average molecular weight is 621 g/mol. The molecule has 0 spiro atoms. The number of carboxylic acids is 1. The van der Waals surface area contributed by atoms with E-state index in [4.69, 9.17) is 14.7 Å². The highest BCUT2D eigenvalue weighted by molar-refractivity contribution is 5.97. The number of H-pyrrole nitrogens is 2. The van der Waals surface area contributed by atoms with Crippen molar-refractivity contribution in [2.75, 3.05) is 6.61 Å². The summed E-state index contributed by atoms with van der Waals surface area (Å²) in [7, 11) is 0. The van der Waals surface area contributed by atoms with Gasteiger partial charge in [0, 0.05) is 46.2 Å². The van der Waals surface area contributed by atoms with Crippen molar-refractivity contribution in [3.8, 4) is 0 Å². The first-order valence-electron chi connectivity index (χ1n) is 16.7. The monoisotopic (exact) mass is 620 g/mol. The van der Waals surface area contributed by atoms with E-state index in [0.29, 0.717) is 6.42 Å². The third-order valence-corrected chi connectivity index (χ3v) is 9.55. The van der Waals surface area contributed by atoms with Crippen LogP contribution >= 0.6 is 0 Å². The molecule has 2 aliphatic rings. The lowest BCUT2D eigenvalue weighted by atomic mass is 10.0. The Hall–Kier alpha value is -4.23. The molecule has 0 amide bonds. The van der Waals surface area contributed by atoms with E-state index in [0.717, 1.165) is 103 Å². The van der Waals surface area contributed by atoms with Crippen LogP contribution in [-0.4, -0.2) is 37.6 Å². The van der Waals surface area contributed by atoms with Gasteiger partial charge in [-0.3, -0.25) is 4.79 Å². The van der Waals surface area contributed by atoms with Crippen molar-refractivity contribution in [1.29, 1.82) is 0 Å². The summed E-state index contributed by atoms with van der Waals surface area (Å²) < 4.78 is 6.42. The number of carboxylic acid groups (broad SMARTS) is 1. The number of fused-ring (bicyclic) bond motifs is 8. The fourth-order valence-electron chi connectivity index (χ4n) is 6.80. The summed E-state index contributed by atoms with van der Waals surface area (Å²) in [5.74, 6) is -0.817. The molecule has 2 aliphatic heterocycles.